The maximum atomic E-state index is 13.6. The third-order valence-corrected chi connectivity index (χ3v) is 2.89. The van der Waals surface area contributed by atoms with Crippen LogP contribution in [0.2, 0.25) is 0 Å². The first-order valence-electron chi connectivity index (χ1n) is 6.01. The summed E-state index contributed by atoms with van der Waals surface area (Å²) in [7, 11) is 2.81. The Morgan fingerprint density at radius 2 is 2.18 bits per heavy atom. The third kappa shape index (κ3) is 2.68. The molecule has 0 spiro atoms. The van der Waals surface area contributed by atoms with Crippen molar-refractivity contribution in [3.8, 4) is 0 Å². The van der Waals surface area contributed by atoms with Gasteiger partial charge >= 0.3 is 5.69 Å². The molecule has 10 nitrogen and oxygen atoms in total. The van der Waals surface area contributed by atoms with E-state index in [4.69, 9.17) is 0 Å². The molecule has 0 bridgehead atoms. The van der Waals surface area contributed by atoms with Crippen molar-refractivity contribution in [3.63, 3.8) is 0 Å². The number of carbonyl (C=O) groups is 1. The number of rotatable bonds is 4. The van der Waals surface area contributed by atoms with E-state index in [1.165, 1.54) is 14.1 Å². The lowest BCUT2D eigenvalue weighted by molar-refractivity contribution is -0.385. The highest BCUT2D eigenvalue weighted by Gasteiger charge is 2.25. The van der Waals surface area contributed by atoms with Crippen LogP contribution in [0.4, 0.5) is 10.1 Å². The van der Waals surface area contributed by atoms with E-state index >= 15 is 0 Å². The summed E-state index contributed by atoms with van der Waals surface area (Å²) in [6, 6.07) is 0. The van der Waals surface area contributed by atoms with Crippen molar-refractivity contribution in [2.24, 2.45) is 19.2 Å². The molecule has 1 N–H and O–H groups in total. The van der Waals surface area contributed by atoms with Gasteiger partial charge in [-0.2, -0.15) is 19.7 Å². The van der Waals surface area contributed by atoms with Crippen LogP contribution in [0.25, 0.3) is 0 Å². The van der Waals surface area contributed by atoms with Gasteiger partial charge in [0.2, 0.25) is 11.6 Å². The molecule has 0 aliphatic carbocycles. The fourth-order valence-electron chi connectivity index (χ4n) is 1.82. The SMILES string of the molecule is Cc1nn(C)c(F)c1C=NNC(=O)c1c([N+](=O)[O-])cnn1C. The number of halogens is 1. The maximum absolute atomic E-state index is 13.6. The van der Waals surface area contributed by atoms with Crippen molar-refractivity contribution in [1.29, 1.82) is 0 Å². The molecule has 0 saturated carbocycles. The largest absolute Gasteiger partial charge is 0.320 e. The second kappa shape index (κ2) is 5.71. The van der Waals surface area contributed by atoms with Gasteiger partial charge in [-0.3, -0.25) is 19.6 Å². The summed E-state index contributed by atoms with van der Waals surface area (Å²) < 4.78 is 15.7. The summed E-state index contributed by atoms with van der Waals surface area (Å²) in [6.45, 7) is 1.58. The quantitative estimate of drug-likeness (QED) is 0.494. The second-order valence-corrected chi connectivity index (χ2v) is 4.37. The first kappa shape index (κ1) is 15.3. The van der Waals surface area contributed by atoms with E-state index < -0.39 is 22.5 Å². The van der Waals surface area contributed by atoms with Crippen molar-refractivity contribution in [2.45, 2.75) is 6.92 Å². The van der Waals surface area contributed by atoms with Crippen molar-refractivity contribution in [3.05, 3.63) is 39.2 Å². The van der Waals surface area contributed by atoms with Gasteiger partial charge in [-0.05, 0) is 6.92 Å². The smallest absolute Gasteiger partial charge is 0.265 e. The molecule has 116 valence electrons. The Hall–Kier alpha value is -3.11. The maximum Gasteiger partial charge on any atom is 0.320 e. The third-order valence-electron chi connectivity index (χ3n) is 2.89. The Kier molecular flexibility index (Phi) is 3.97. The number of carbonyl (C=O) groups excluding carboxylic acids is 1. The summed E-state index contributed by atoms with van der Waals surface area (Å²) in [5.74, 6) is -1.44. The molecule has 0 aromatic carbocycles. The molecule has 22 heavy (non-hydrogen) atoms. The number of aryl methyl sites for hydroxylation is 3. The van der Waals surface area contributed by atoms with E-state index in [1.54, 1.807) is 6.92 Å². The highest BCUT2D eigenvalue weighted by atomic mass is 19.1. The van der Waals surface area contributed by atoms with Crippen LogP contribution in [-0.4, -0.2) is 36.6 Å². The minimum absolute atomic E-state index is 0.113. The molecule has 0 unspecified atom stereocenters. The molecule has 2 heterocycles. The molecule has 0 aliphatic heterocycles. The number of hydrazone groups is 1. The van der Waals surface area contributed by atoms with E-state index in [0.29, 0.717) is 5.69 Å². The standard InChI is InChI=1S/C11H12FN7O3/c1-6-7(10(12)18(3)16-6)4-13-15-11(20)9-8(19(21)22)5-14-17(9)2/h4-5H,1-3H3,(H,15,20). The van der Waals surface area contributed by atoms with Crippen molar-refractivity contribution >= 4 is 17.8 Å². The molecular weight excluding hydrogens is 297 g/mol. The van der Waals surface area contributed by atoms with Crippen LogP contribution < -0.4 is 5.43 Å². The molecule has 0 radical (unpaired) electrons. The minimum atomic E-state index is -0.829. The van der Waals surface area contributed by atoms with Crippen molar-refractivity contribution in [2.75, 3.05) is 0 Å². The lowest BCUT2D eigenvalue weighted by Crippen LogP contribution is -2.22. The van der Waals surface area contributed by atoms with Crippen LogP contribution in [0.15, 0.2) is 11.3 Å². The molecule has 2 aromatic heterocycles. The number of hydrogen-bond donors (Lipinski definition) is 1. The second-order valence-electron chi connectivity index (χ2n) is 4.37. The normalized spacial score (nSPS) is 11.1. The summed E-state index contributed by atoms with van der Waals surface area (Å²) >= 11 is 0. The lowest BCUT2D eigenvalue weighted by Gasteiger charge is -1.99. The Balaban J connectivity index is 2.18. The topological polar surface area (TPSA) is 120 Å². The summed E-state index contributed by atoms with van der Waals surface area (Å²) in [4.78, 5) is 22.0. The van der Waals surface area contributed by atoms with Crippen molar-refractivity contribution < 1.29 is 14.1 Å². The van der Waals surface area contributed by atoms with Gasteiger partial charge in [-0.1, -0.05) is 0 Å². The van der Waals surface area contributed by atoms with Gasteiger partial charge in [0.15, 0.2) is 0 Å². The van der Waals surface area contributed by atoms with Gasteiger partial charge < -0.3 is 0 Å². The molecule has 0 fully saturated rings. The minimum Gasteiger partial charge on any atom is -0.265 e. The fourth-order valence-corrected chi connectivity index (χ4v) is 1.82. The summed E-state index contributed by atoms with van der Waals surface area (Å²) in [5.41, 5.74) is 1.90. The molecule has 0 atom stereocenters. The zero-order chi connectivity index (χ0) is 16.4. The highest BCUT2D eigenvalue weighted by Crippen LogP contribution is 2.16. The van der Waals surface area contributed by atoms with E-state index in [-0.39, 0.29) is 11.3 Å². The first-order chi connectivity index (χ1) is 10.3. The molecule has 0 saturated heterocycles. The Morgan fingerprint density at radius 1 is 1.50 bits per heavy atom. The van der Waals surface area contributed by atoms with Crippen molar-refractivity contribution in [1.82, 2.24) is 25.0 Å². The fraction of sp³-hybridized carbons (Fsp3) is 0.273. The predicted molar refractivity (Wildman–Crippen MR) is 72.8 cm³/mol. The Morgan fingerprint density at radius 3 is 2.73 bits per heavy atom. The van der Waals surface area contributed by atoms with Crippen LogP contribution in [-0.2, 0) is 14.1 Å². The number of aromatic nitrogens is 4. The summed E-state index contributed by atoms with van der Waals surface area (Å²) in [5, 5.41) is 21.9. The highest BCUT2D eigenvalue weighted by molar-refractivity contribution is 5.96. The number of amides is 1. The predicted octanol–water partition coefficient (Wildman–Crippen LogP) is 0.273. The zero-order valence-corrected chi connectivity index (χ0v) is 11.9. The first-order valence-corrected chi connectivity index (χ1v) is 6.01. The molecule has 11 heteroatoms. The van der Waals surface area contributed by atoms with E-state index in [1.807, 2.05) is 0 Å². The molecule has 1 amide bonds. The Bertz CT molecular complexity index is 777. The van der Waals surface area contributed by atoms with Gasteiger partial charge in [-0.25, -0.2) is 10.1 Å². The van der Waals surface area contributed by atoms with Gasteiger partial charge in [0, 0.05) is 14.1 Å². The molecule has 0 aliphatic rings. The summed E-state index contributed by atoms with van der Waals surface area (Å²) in [6.07, 6.45) is 2.04. The average Bonchev–Trinajstić information content (AvgIpc) is 2.94. The van der Waals surface area contributed by atoms with Crippen LogP contribution in [0.5, 0.6) is 0 Å². The number of nitrogens with one attached hydrogen (secondary N) is 1. The van der Waals surface area contributed by atoms with Gasteiger partial charge in [0.1, 0.15) is 6.20 Å². The number of nitro groups is 1. The van der Waals surface area contributed by atoms with Crippen LogP contribution in [0.3, 0.4) is 0 Å². The Labute approximate surface area is 123 Å². The number of nitrogens with zero attached hydrogens (tertiary/aromatic N) is 6. The van der Waals surface area contributed by atoms with Gasteiger partial charge in [-0.15, -0.1) is 0 Å². The molecule has 2 rings (SSSR count). The monoisotopic (exact) mass is 309 g/mol. The van der Waals surface area contributed by atoms with Crippen LogP contribution >= 0.6 is 0 Å². The van der Waals surface area contributed by atoms with E-state index in [9.17, 15) is 19.3 Å². The van der Waals surface area contributed by atoms with Gasteiger partial charge in [0.25, 0.3) is 5.91 Å². The lowest BCUT2D eigenvalue weighted by atomic mass is 10.3. The van der Waals surface area contributed by atoms with Crippen LogP contribution in [0, 0.1) is 23.0 Å². The zero-order valence-electron chi connectivity index (χ0n) is 11.9. The van der Waals surface area contributed by atoms with Gasteiger partial charge in [0.05, 0.1) is 22.4 Å². The van der Waals surface area contributed by atoms with E-state index in [2.05, 4.69) is 20.7 Å². The molecule has 2 aromatic rings. The average molecular weight is 309 g/mol. The number of hydrogen-bond acceptors (Lipinski definition) is 6. The molecular formula is C11H12FN7O3. The van der Waals surface area contributed by atoms with E-state index in [0.717, 1.165) is 21.8 Å². The van der Waals surface area contributed by atoms with Crippen LogP contribution in [0.1, 0.15) is 21.7 Å².